The quantitative estimate of drug-likeness (QED) is 0.622. The fraction of sp³-hybridized carbons (Fsp3) is 0.400. The minimum absolute atomic E-state index is 0.238. The van der Waals surface area contributed by atoms with Gasteiger partial charge in [-0.1, -0.05) is 25.3 Å². The van der Waals surface area contributed by atoms with E-state index in [1.807, 2.05) is 25.1 Å². The van der Waals surface area contributed by atoms with Crippen LogP contribution in [0.2, 0.25) is 0 Å². The lowest BCUT2D eigenvalue weighted by Gasteiger charge is -2.23. The number of nitrogens with two attached hydrogens (primary N) is 1. The fourth-order valence-corrected chi connectivity index (χ4v) is 5.36. The van der Waals surface area contributed by atoms with Crippen LogP contribution in [0.5, 0.6) is 5.75 Å². The summed E-state index contributed by atoms with van der Waals surface area (Å²) in [6.07, 6.45) is 6.01. The summed E-state index contributed by atoms with van der Waals surface area (Å²) in [6.45, 7) is 2.61. The van der Waals surface area contributed by atoms with Crippen LogP contribution in [0.15, 0.2) is 36.4 Å². The van der Waals surface area contributed by atoms with E-state index in [0.29, 0.717) is 18.1 Å². The van der Waals surface area contributed by atoms with Crippen LogP contribution in [0.1, 0.15) is 72.7 Å². The third-order valence-corrected chi connectivity index (χ3v) is 6.68. The molecule has 1 atom stereocenters. The Hall–Kier alpha value is -2.79. The molecular weight excluding hydrogens is 376 g/mol. The van der Waals surface area contributed by atoms with Crippen molar-refractivity contribution in [2.24, 2.45) is 5.73 Å². The van der Waals surface area contributed by atoms with Crippen molar-refractivity contribution >= 4 is 16.8 Å². The Morgan fingerprint density at radius 1 is 1.13 bits per heavy atom. The largest absolute Gasteiger partial charge is 0.497 e. The SMILES string of the molecule is CCOC1c2cc(OC)ccc2-c2c(C3CCCCC3)c3ccc(C(N)=O)cc3n21. The van der Waals surface area contributed by atoms with Crippen LogP contribution in [0.3, 0.4) is 0 Å². The second kappa shape index (κ2) is 7.47. The second-order valence-electron chi connectivity index (χ2n) is 8.32. The second-order valence-corrected chi connectivity index (χ2v) is 8.32. The van der Waals surface area contributed by atoms with Gasteiger partial charge < -0.3 is 19.8 Å². The zero-order valence-corrected chi connectivity index (χ0v) is 17.6. The third kappa shape index (κ3) is 2.83. The van der Waals surface area contributed by atoms with E-state index < -0.39 is 5.91 Å². The lowest BCUT2D eigenvalue weighted by molar-refractivity contribution is 0.0496. The topological polar surface area (TPSA) is 66.5 Å². The Morgan fingerprint density at radius 3 is 2.63 bits per heavy atom. The molecule has 1 aliphatic carbocycles. The molecule has 5 rings (SSSR count). The number of amides is 1. The summed E-state index contributed by atoms with van der Waals surface area (Å²) in [5, 5.41) is 1.22. The Bertz CT molecular complexity index is 1130. The molecule has 1 amide bonds. The Kier molecular flexibility index (Phi) is 4.78. The maximum absolute atomic E-state index is 11.9. The summed E-state index contributed by atoms with van der Waals surface area (Å²) in [7, 11) is 1.69. The summed E-state index contributed by atoms with van der Waals surface area (Å²) in [6, 6.07) is 12.1. The fourth-order valence-electron chi connectivity index (χ4n) is 5.36. The first-order valence-corrected chi connectivity index (χ1v) is 10.9. The van der Waals surface area contributed by atoms with Crippen molar-refractivity contribution < 1.29 is 14.3 Å². The van der Waals surface area contributed by atoms with Crippen molar-refractivity contribution in [3.63, 3.8) is 0 Å². The van der Waals surface area contributed by atoms with Gasteiger partial charge in [0.15, 0.2) is 6.23 Å². The average Bonchev–Trinajstić information content (AvgIpc) is 3.26. The average molecular weight is 405 g/mol. The number of hydrogen-bond donors (Lipinski definition) is 1. The highest BCUT2D eigenvalue weighted by Gasteiger charge is 2.36. The normalized spacial score (nSPS) is 18.4. The molecule has 2 heterocycles. The zero-order valence-electron chi connectivity index (χ0n) is 17.6. The van der Waals surface area contributed by atoms with Crippen molar-refractivity contribution in [3.05, 3.63) is 53.1 Å². The first-order valence-electron chi connectivity index (χ1n) is 10.9. The van der Waals surface area contributed by atoms with Crippen LogP contribution >= 0.6 is 0 Å². The van der Waals surface area contributed by atoms with Crippen molar-refractivity contribution in [2.45, 2.75) is 51.2 Å². The summed E-state index contributed by atoms with van der Waals surface area (Å²) in [4.78, 5) is 11.9. The van der Waals surface area contributed by atoms with Crippen molar-refractivity contribution in [2.75, 3.05) is 13.7 Å². The van der Waals surface area contributed by atoms with E-state index in [1.165, 1.54) is 54.3 Å². The smallest absolute Gasteiger partial charge is 0.248 e. The molecule has 2 N–H and O–H groups in total. The highest BCUT2D eigenvalue weighted by molar-refractivity contribution is 6.01. The van der Waals surface area contributed by atoms with Crippen LogP contribution in [-0.2, 0) is 4.74 Å². The highest BCUT2D eigenvalue weighted by Crippen LogP contribution is 2.52. The van der Waals surface area contributed by atoms with Gasteiger partial charge in [-0.3, -0.25) is 4.79 Å². The maximum atomic E-state index is 11.9. The number of aromatic nitrogens is 1. The maximum Gasteiger partial charge on any atom is 0.248 e. The van der Waals surface area contributed by atoms with E-state index in [9.17, 15) is 4.79 Å². The highest BCUT2D eigenvalue weighted by atomic mass is 16.5. The van der Waals surface area contributed by atoms with E-state index in [0.717, 1.165) is 16.8 Å². The molecule has 0 spiro atoms. The summed E-state index contributed by atoms with van der Waals surface area (Å²) >= 11 is 0. The number of hydrogen-bond acceptors (Lipinski definition) is 3. The van der Waals surface area contributed by atoms with Crippen molar-refractivity contribution in [1.29, 1.82) is 0 Å². The number of carbonyl (C=O) groups is 1. The molecule has 3 aromatic rings. The molecule has 0 bridgehead atoms. The number of nitrogens with zero attached hydrogens (tertiary/aromatic N) is 1. The van der Waals surface area contributed by atoms with E-state index in [2.05, 4.69) is 22.8 Å². The van der Waals surface area contributed by atoms with Gasteiger partial charge in [0.25, 0.3) is 0 Å². The van der Waals surface area contributed by atoms with Crippen molar-refractivity contribution in [1.82, 2.24) is 4.57 Å². The molecule has 1 saturated carbocycles. The first-order chi connectivity index (χ1) is 14.6. The summed E-state index contributed by atoms with van der Waals surface area (Å²) < 4.78 is 14.0. The number of ether oxygens (including phenoxy) is 2. The van der Waals surface area contributed by atoms with Crippen LogP contribution in [-0.4, -0.2) is 24.2 Å². The van der Waals surface area contributed by atoms with Gasteiger partial charge in [-0.15, -0.1) is 0 Å². The predicted octanol–water partition coefficient (Wildman–Crippen LogP) is 5.36. The Balaban J connectivity index is 1.83. The minimum atomic E-state index is -0.406. The molecular formula is C25H28N2O3. The number of benzene rings is 2. The predicted molar refractivity (Wildman–Crippen MR) is 118 cm³/mol. The molecule has 156 valence electrons. The minimum Gasteiger partial charge on any atom is -0.497 e. The summed E-state index contributed by atoms with van der Waals surface area (Å²) in [5.41, 5.74) is 12.1. The monoisotopic (exact) mass is 404 g/mol. The molecule has 5 nitrogen and oxygen atoms in total. The number of methoxy groups -OCH3 is 1. The van der Waals surface area contributed by atoms with Gasteiger partial charge in [-0.05, 0) is 61.6 Å². The van der Waals surface area contributed by atoms with Crippen LogP contribution in [0.4, 0.5) is 0 Å². The zero-order chi connectivity index (χ0) is 20.8. The van der Waals surface area contributed by atoms with E-state index in [4.69, 9.17) is 15.2 Å². The van der Waals surface area contributed by atoms with Gasteiger partial charge in [0.2, 0.25) is 5.91 Å². The van der Waals surface area contributed by atoms with E-state index in [-0.39, 0.29) is 6.23 Å². The molecule has 0 radical (unpaired) electrons. The summed E-state index contributed by atoms with van der Waals surface area (Å²) in [5.74, 6) is 0.939. The number of fused-ring (bicyclic) bond motifs is 5. The number of carbonyl (C=O) groups excluding carboxylic acids is 1. The molecule has 5 heteroatoms. The van der Waals surface area contributed by atoms with Gasteiger partial charge in [0, 0.05) is 28.7 Å². The first kappa shape index (κ1) is 19.2. The molecule has 1 aromatic heterocycles. The van der Waals surface area contributed by atoms with E-state index >= 15 is 0 Å². The number of primary amides is 1. The molecule has 2 aliphatic rings. The van der Waals surface area contributed by atoms with Crippen LogP contribution in [0.25, 0.3) is 22.2 Å². The molecule has 0 saturated heterocycles. The molecule has 2 aromatic carbocycles. The molecule has 1 fully saturated rings. The van der Waals surface area contributed by atoms with Gasteiger partial charge in [-0.2, -0.15) is 0 Å². The molecule has 1 aliphatic heterocycles. The lowest BCUT2D eigenvalue weighted by atomic mass is 9.81. The van der Waals surface area contributed by atoms with E-state index in [1.54, 1.807) is 7.11 Å². The van der Waals surface area contributed by atoms with Gasteiger partial charge in [-0.25, -0.2) is 0 Å². The van der Waals surface area contributed by atoms with Gasteiger partial charge in [0.05, 0.1) is 18.3 Å². The van der Waals surface area contributed by atoms with Crippen LogP contribution < -0.4 is 10.5 Å². The van der Waals surface area contributed by atoms with Crippen molar-refractivity contribution in [3.8, 4) is 17.0 Å². The standard InChI is InChI=1S/C25H28N2O3/c1-3-30-25-20-14-17(29-2)10-12-18(20)23-22(15-7-5-4-6-8-15)19-11-9-16(24(26)28)13-21(19)27(23)25/h9-15,25H,3-8H2,1-2H3,(H2,26,28). The Labute approximate surface area is 176 Å². The lowest BCUT2D eigenvalue weighted by Crippen LogP contribution is -2.12. The third-order valence-electron chi connectivity index (χ3n) is 6.68. The van der Waals surface area contributed by atoms with Gasteiger partial charge in [0.1, 0.15) is 5.75 Å². The van der Waals surface area contributed by atoms with Gasteiger partial charge >= 0.3 is 0 Å². The Morgan fingerprint density at radius 2 is 1.93 bits per heavy atom. The molecule has 1 unspecified atom stereocenters. The van der Waals surface area contributed by atoms with Crippen LogP contribution in [0, 0.1) is 0 Å². The number of rotatable bonds is 5. The molecule has 30 heavy (non-hydrogen) atoms.